The molecule has 110 valence electrons. The lowest BCUT2D eigenvalue weighted by molar-refractivity contribution is 0.0910. The zero-order chi connectivity index (χ0) is 14.4. The number of methoxy groups -OCH3 is 1. The lowest BCUT2D eigenvalue weighted by Gasteiger charge is -2.12. The third-order valence-corrected chi connectivity index (χ3v) is 3.63. The maximum Gasteiger partial charge on any atom is 0.270 e. The largest absolute Gasteiger partial charge is 0.384 e. The molecule has 1 heterocycles. The maximum absolute atomic E-state index is 12.1. The topological polar surface area (TPSA) is 63.2 Å². The number of nitrogens with zero attached hydrogens (tertiary/aromatic N) is 1. The third-order valence-electron chi connectivity index (χ3n) is 3.63. The Hall–Kier alpha value is -1.62. The number of hydrogen-bond acceptors (Lipinski definition) is 4. The Balaban J connectivity index is 1.86. The summed E-state index contributed by atoms with van der Waals surface area (Å²) in [6.07, 6.45) is 5.91. The Morgan fingerprint density at radius 3 is 2.90 bits per heavy atom. The van der Waals surface area contributed by atoms with Crippen molar-refractivity contribution in [2.75, 3.05) is 19.0 Å². The van der Waals surface area contributed by atoms with Gasteiger partial charge < -0.3 is 15.4 Å². The van der Waals surface area contributed by atoms with Crippen molar-refractivity contribution in [1.29, 1.82) is 0 Å². The average molecular weight is 277 g/mol. The van der Waals surface area contributed by atoms with Crippen molar-refractivity contribution < 1.29 is 9.53 Å². The van der Waals surface area contributed by atoms with Crippen molar-refractivity contribution in [3.63, 3.8) is 0 Å². The second kappa shape index (κ2) is 7.24. The van der Waals surface area contributed by atoms with Crippen LogP contribution in [0.4, 0.5) is 5.69 Å². The van der Waals surface area contributed by atoms with Gasteiger partial charge in [0, 0.05) is 19.7 Å². The van der Waals surface area contributed by atoms with Crippen molar-refractivity contribution in [1.82, 2.24) is 10.3 Å². The zero-order valence-electron chi connectivity index (χ0n) is 12.2. The monoisotopic (exact) mass is 277 g/mol. The van der Waals surface area contributed by atoms with Crippen molar-refractivity contribution in [2.24, 2.45) is 0 Å². The van der Waals surface area contributed by atoms with Crippen LogP contribution in [0, 0.1) is 0 Å². The molecule has 1 aromatic heterocycles. The van der Waals surface area contributed by atoms with Crippen LogP contribution in [0.2, 0.25) is 0 Å². The van der Waals surface area contributed by atoms with E-state index in [9.17, 15) is 4.79 Å². The number of aromatic nitrogens is 1. The maximum atomic E-state index is 12.1. The third kappa shape index (κ3) is 3.93. The first-order valence-electron chi connectivity index (χ1n) is 7.26. The van der Waals surface area contributed by atoms with E-state index in [4.69, 9.17) is 4.74 Å². The van der Waals surface area contributed by atoms with Crippen LogP contribution in [0.15, 0.2) is 18.3 Å². The van der Waals surface area contributed by atoms with Crippen LogP contribution in [0.1, 0.15) is 43.1 Å². The van der Waals surface area contributed by atoms with Crippen LogP contribution >= 0.6 is 0 Å². The van der Waals surface area contributed by atoms with Gasteiger partial charge >= 0.3 is 0 Å². The van der Waals surface area contributed by atoms with Crippen molar-refractivity contribution >= 4 is 11.6 Å². The van der Waals surface area contributed by atoms with Crippen LogP contribution in [0.25, 0.3) is 0 Å². The highest BCUT2D eigenvalue weighted by Gasteiger charge is 2.26. The predicted octanol–water partition coefficient (Wildman–Crippen LogP) is 2.20. The molecule has 0 radical (unpaired) electrons. The molecule has 1 saturated carbocycles. The molecule has 2 rings (SSSR count). The zero-order valence-corrected chi connectivity index (χ0v) is 12.2. The standard InChI is InChI=1S/C15H23N3O2/c1-3-8-16-12-5-7-14(17-10-12)15(19)18-11-4-6-13(9-11)20-2/h5,7,10-11,13,16H,3-4,6,8-9H2,1-2H3,(H,18,19). The van der Waals surface area contributed by atoms with E-state index in [1.54, 1.807) is 19.4 Å². The van der Waals surface area contributed by atoms with Gasteiger partial charge in [-0.2, -0.15) is 0 Å². The molecular formula is C15H23N3O2. The number of ether oxygens (including phenoxy) is 1. The Morgan fingerprint density at radius 1 is 1.45 bits per heavy atom. The summed E-state index contributed by atoms with van der Waals surface area (Å²) in [4.78, 5) is 16.3. The Labute approximate surface area is 120 Å². The van der Waals surface area contributed by atoms with Crippen molar-refractivity contribution in [3.8, 4) is 0 Å². The summed E-state index contributed by atoms with van der Waals surface area (Å²) in [7, 11) is 1.72. The van der Waals surface area contributed by atoms with E-state index in [0.717, 1.165) is 37.9 Å². The lowest BCUT2D eigenvalue weighted by atomic mass is 10.2. The Bertz CT molecular complexity index is 433. The first kappa shape index (κ1) is 14.8. The van der Waals surface area contributed by atoms with E-state index in [2.05, 4.69) is 22.5 Å². The summed E-state index contributed by atoms with van der Waals surface area (Å²) >= 11 is 0. The smallest absolute Gasteiger partial charge is 0.270 e. The van der Waals surface area contributed by atoms with E-state index in [1.807, 2.05) is 6.07 Å². The molecule has 5 heteroatoms. The van der Waals surface area contributed by atoms with Crippen LogP contribution in [0.5, 0.6) is 0 Å². The summed E-state index contributed by atoms with van der Waals surface area (Å²) in [5, 5.41) is 6.26. The quantitative estimate of drug-likeness (QED) is 0.836. The van der Waals surface area contributed by atoms with E-state index in [-0.39, 0.29) is 18.1 Å². The van der Waals surface area contributed by atoms with Gasteiger partial charge in [0.25, 0.3) is 5.91 Å². The number of hydrogen-bond donors (Lipinski definition) is 2. The fourth-order valence-corrected chi connectivity index (χ4v) is 2.45. The molecule has 0 saturated heterocycles. The summed E-state index contributed by atoms with van der Waals surface area (Å²) in [5.41, 5.74) is 1.41. The Morgan fingerprint density at radius 2 is 2.30 bits per heavy atom. The minimum Gasteiger partial charge on any atom is -0.384 e. The first-order valence-corrected chi connectivity index (χ1v) is 7.26. The van der Waals surface area contributed by atoms with Crippen LogP contribution < -0.4 is 10.6 Å². The second-order valence-corrected chi connectivity index (χ2v) is 5.20. The molecule has 5 nitrogen and oxygen atoms in total. The van der Waals surface area contributed by atoms with Gasteiger partial charge in [-0.3, -0.25) is 4.79 Å². The highest BCUT2D eigenvalue weighted by molar-refractivity contribution is 5.92. The van der Waals surface area contributed by atoms with Gasteiger partial charge in [-0.1, -0.05) is 6.92 Å². The molecule has 0 aliphatic heterocycles. The van der Waals surface area contributed by atoms with E-state index >= 15 is 0 Å². The predicted molar refractivity (Wildman–Crippen MR) is 78.9 cm³/mol. The molecule has 1 amide bonds. The van der Waals surface area contributed by atoms with Crippen molar-refractivity contribution in [2.45, 2.75) is 44.8 Å². The molecule has 1 fully saturated rings. The average Bonchev–Trinajstić information content (AvgIpc) is 2.93. The number of carbonyl (C=O) groups excluding carboxylic acids is 1. The molecule has 0 bridgehead atoms. The number of carbonyl (C=O) groups is 1. The minimum absolute atomic E-state index is 0.103. The van der Waals surface area contributed by atoms with Crippen LogP contribution in [0.3, 0.4) is 0 Å². The summed E-state index contributed by atoms with van der Waals surface area (Å²) in [6, 6.07) is 3.85. The molecule has 1 aromatic rings. The molecule has 2 atom stereocenters. The number of rotatable bonds is 6. The molecule has 2 unspecified atom stereocenters. The van der Waals surface area contributed by atoms with Gasteiger partial charge in [0.15, 0.2) is 0 Å². The Kier molecular flexibility index (Phi) is 5.35. The second-order valence-electron chi connectivity index (χ2n) is 5.20. The van der Waals surface area contributed by atoms with E-state index in [1.165, 1.54) is 0 Å². The summed E-state index contributed by atoms with van der Waals surface area (Å²) < 4.78 is 5.31. The van der Waals surface area contributed by atoms with Gasteiger partial charge in [0.05, 0.1) is 18.0 Å². The first-order chi connectivity index (χ1) is 9.72. The molecule has 0 spiro atoms. The molecule has 1 aliphatic carbocycles. The molecule has 0 aromatic carbocycles. The lowest BCUT2D eigenvalue weighted by Crippen LogP contribution is -2.33. The number of amides is 1. The molecule has 2 N–H and O–H groups in total. The van der Waals surface area contributed by atoms with Crippen LogP contribution in [-0.2, 0) is 4.74 Å². The van der Waals surface area contributed by atoms with Gasteiger partial charge in [-0.15, -0.1) is 0 Å². The van der Waals surface area contributed by atoms with Crippen LogP contribution in [-0.4, -0.2) is 36.7 Å². The van der Waals surface area contributed by atoms with Gasteiger partial charge in [0.2, 0.25) is 0 Å². The molecule has 20 heavy (non-hydrogen) atoms. The number of nitrogens with one attached hydrogen (secondary N) is 2. The SMILES string of the molecule is CCCNc1ccc(C(=O)NC2CCC(OC)C2)nc1. The fraction of sp³-hybridized carbons (Fsp3) is 0.600. The van der Waals surface area contributed by atoms with E-state index in [0.29, 0.717) is 5.69 Å². The highest BCUT2D eigenvalue weighted by Crippen LogP contribution is 2.21. The minimum atomic E-state index is -0.103. The molecule has 1 aliphatic rings. The summed E-state index contributed by atoms with van der Waals surface area (Å²) in [6.45, 7) is 3.02. The number of pyridine rings is 1. The highest BCUT2D eigenvalue weighted by atomic mass is 16.5. The van der Waals surface area contributed by atoms with Crippen molar-refractivity contribution in [3.05, 3.63) is 24.0 Å². The van der Waals surface area contributed by atoms with Gasteiger partial charge in [0.1, 0.15) is 5.69 Å². The fourth-order valence-electron chi connectivity index (χ4n) is 2.45. The van der Waals surface area contributed by atoms with Gasteiger partial charge in [-0.05, 0) is 37.8 Å². The molecular weight excluding hydrogens is 254 g/mol. The summed E-state index contributed by atoms with van der Waals surface area (Å²) in [5.74, 6) is -0.103. The van der Waals surface area contributed by atoms with E-state index < -0.39 is 0 Å². The van der Waals surface area contributed by atoms with Gasteiger partial charge in [-0.25, -0.2) is 4.98 Å². The normalized spacial score (nSPS) is 21.7. The number of anilines is 1.